The molecule has 0 N–H and O–H groups in total. The molecule has 0 fully saturated rings. The molecule has 0 radical (unpaired) electrons. The Morgan fingerprint density at radius 2 is 1.03 bits per heavy atom. The minimum Gasteiger partial charge on any atom is -0.374 e. The molecule has 0 amide bonds. The van der Waals surface area contributed by atoms with E-state index in [1.165, 1.54) is 6.07 Å². The van der Waals surface area contributed by atoms with Crippen molar-refractivity contribution in [1.82, 2.24) is 0 Å². The van der Waals surface area contributed by atoms with Gasteiger partial charge in [0.1, 0.15) is 0 Å². The molecule has 0 aliphatic carbocycles. The van der Waals surface area contributed by atoms with Crippen LogP contribution in [-0.4, -0.2) is 48.8 Å². The van der Waals surface area contributed by atoms with Gasteiger partial charge >= 0.3 is 41.7 Å². The molecule has 0 bridgehead atoms. The van der Waals surface area contributed by atoms with Crippen LogP contribution in [0.25, 0.3) is 0 Å². The summed E-state index contributed by atoms with van der Waals surface area (Å²) in [5.41, 5.74) is -3.40. The average molecular weight is 553 g/mol. The molecule has 0 aromatic heterocycles. The molecule has 17 heteroatoms. The van der Waals surface area contributed by atoms with Gasteiger partial charge in [-0.3, -0.25) is 0 Å². The number of hydrogen-bond acceptors (Lipinski definition) is 1. The highest BCUT2D eigenvalue weighted by Crippen LogP contribution is 2.63. The van der Waals surface area contributed by atoms with E-state index < -0.39 is 64.3 Å². The Labute approximate surface area is 185 Å². The van der Waals surface area contributed by atoms with Gasteiger partial charge in [-0.25, -0.2) is 0 Å². The highest BCUT2D eigenvalue weighted by Gasteiger charge is 2.93. The van der Waals surface area contributed by atoms with Gasteiger partial charge in [0, 0.05) is 17.7 Å². The monoisotopic (exact) mass is 552 g/mol. The first kappa shape index (κ1) is 30.5. The van der Waals surface area contributed by atoms with Gasteiger partial charge in [0.25, 0.3) is 0 Å². The molecule has 0 saturated carbocycles. The van der Waals surface area contributed by atoms with Gasteiger partial charge in [-0.2, -0.15) is 65.9 Å². The zero-order valence-electron chi connectivity index (χ0n) is 16.5. The number of rotatable bonds is 9. The topological polar surface area (TPSA) is 9.23 Å². The van der Waals surface area contributed by atoms with Crippen LogP contribution in [0.5, 0.6) is 0 Å². The van der Waals surface area contributed by atoms with Crippen LogP contribution >= 0.6 is 11.6 Å². The van der Waals surface area contributed by atoms with Crippen LogP contribution in [0, 0.1) is 0 Å². The van der Waals surface area contributed by atoms with Crippen molar-refractivity contribution in [2.45, 2.75) is 60.7 Å². The lowest BCUT2D eigenvalue weighted by Gasteiger charge is -2.43. The van der Waals surface area contributed by atoms with E-state index in [2.05, 4.69) is 4.74 Å². The maximum absolute atomic E-state index is 14.3. The number of hydrogen-bond donors (Lipinski definition) is 0. The molecule has 0 heterocycles. The summed E-state index contributed by atoms with van der Waals surface area (Å²) in [6.07, 6.45) is -10.3. The maximum Gasteiger partial charge on any atom is 0.460 e. The highest BCUT2D eigenvalue weighted by molar-refractivity contribution is 6.31. The smallest absolute Gasteiger partial charge is 0.374 e. The molecule has 1 aromatic carbocycles. The number of methoxy groups -OCH3 is 1. The van der Waals surface area contributed by atoms with Gasteiger partial charge in [0.15, 0.2) is 0 Å². The van der Waals surface area contributed by atoms with Crippen molar-refractivity contribution in [1.29, 1.82) is 0 Å². The summed E-state index contributed by atoms with van der Waals surface area (Å²) in [5, 5.41) is -0.487. The zero-order chi connectivity index (χ0) is 27.4. The molecule has 1 atom stereocenters. The van der Waals surface area contributed by atoms with Crippen molar-refractivity contribution < 1.29 is 70.6 Å². The van der Waals surface area contributed by atoms with Crippen molar-refractivity contribution in [2.75, 3.05) is 7.11 Å². The third-order valence-electron chi connectivity index (χ3n) is 4.85. The highest BCUT2D eigenvalue weighted by atomic mass is 35.5. The van der Waals surface area contributed by atoms with Crippen LogP contribution in [0.15, 0.2) is 24.3 Å². The normalized spacial score (nSPS) is 17.0. The third kappa shape index (κ3) is 4.28. The summed E-state index contributed by atoms with van der Waals surface area (Å²) in [7, 11) is 0.558. The Kier molecular flexibility index (Phi) is 7.63. The minimum atomic E-state index is -8.33. The van der Waals surface area contributed by atoms with Crippen molar-refractivity contribution in [3.05, 3.63) is 34.9 Å². The number of alkyl halides is 15. The van der Waals surface area contributed by atoms with E-state index in [0.29, 0.717) is 14.0 Å². The van der Waals surface area contributed by atoms with Crippen LogP contribution in [0.4, 0.5) is 65.9 Å². The first-order valence-electron chi connectivity index (χ1n) is 8.42. The van der Waals surface area contributed by atoms with Gasteiger partial charge in [-0.05, 0) is 13.0 Å². The van der Waals surface area contributed by atoms with Gasteiger partial charge in [-0.1, -0.05) is 29.8 Å². The molecule has 0 aliphatic heterocycles. The van der Waals surface area contributed by atoms with Crippen LogP contribution in [0.1, 0.15) is 18.9 Å². The quantitative estimate of drug-likeness (QED) is 0.282. The molecular formula is C17H12ClF15O. The Morgan fingerprint density at radius 1 is 0.647 bits per heavy atom. The van der Waals surface area contributed by atoms with Crippen LogP contribution in [0.3, 0.4) is 0 Å². The van der Waals surface area contributed by atoms with E-state index in [0.717, 1.165) is 18.2 Å². The Morgan fingerprint density at radius 3 is 1.41 bits per heavy atom. The summed E-state index contributed by atoms with van der Waals surface area (Å²) < 4.78 is 205. The maximum atomic E-state index is 14.3. The third-order valence-corrected chi connectivity index (χ3v) is 5.18. The summed E-state index contributed by atoms with van der Waals surface area (Å²) >= 11 is 5.68. The second kappa shape index (κ2) is 8.52. The Bertz CT molecular complexity index is 880. The Hall–Kier alpha value is -1.58. The van der Waals surface area contributed by atoms with Gasteiger partial charge in [0.05, 0.1) is 12.0 Å². The van der Waals surface area contributed by atoms with Crippen molar-refractivity contribution in [3.63, 3.8) is 0 Å². The van der Waals surface area contributed by atoms with Gasteiger partial charge < -0.3 is 4.74 Å². The molecule has 1 rings (SSSR count). The van der Waals surface area contributed by atoms with Gasteiger partial charge in [0.2, 0.25) is 0 Å². The summed E-state index contributed by atoms with van der Waals surface area (Å²) in [4.78, 5) is 0. The fraction of sp³-hybridized carbons (Fsp3) is 0.647. The molecule has 1 unspecified atom stereocenters. The molecule has 198 valence electrons. The first-order chi connectivity index (χ1) is 14.8. The number of benzene rings is 1. The van der Waals surface area contributed by atoms with E-state index in [1.54, 1.807) is 0 Å². The minimum absolute atomic E-state index is 0.487. The SMILES string of the molecule is COC(C)(CC(F)(F)C(F)(F)C(F)(F)C(F)(F)C(F)(F)C(F)(F)C(F)(F)F)c1ccccc1Cl. The average Bonchev–Trinajstić information content (AvgIpc) is 2.66. The lowest BCUT2D eigenvalue weighted by Crippen LogP contribution is -2.72. The molecule has 34 heavy (non-hydrogen) atoms. The van der Waals surface area contributed by atoms with Crippen LogP contribution in [-0.2, 0) is 10.3 Å². The standard InChI is InChI=1S/C17H12ClF15O/c1-10(34-2,8-5-3-4-6-9(8)18)7-11(19,20)12(21,22)13(23,24)14(25,26)15(27,28)16(29,30)17(31,32)33/h3-6H,7H2,1-2H3. The second-order valence-electron chi connectivity index (χ2n) is 7.17. The molecule has 1 aromatic rings. The first-order valence-corrected chi connectivity index (χ1v) is 8.80. The largest absolute Gasteiger partial charge is 0.460 e. The van der Waals surface area contributed by atoms with Crippen LogP contribution < -0.4 is 0 Å². The van der Waals surface area contributed by atoms with Crippen LogP contribution in [0.2, 0.25) is 5.02 Å². The van der Waals surface area contributed by atoms with Crippen molar-refractivity contribution in [3.8, 4) is 0 Å². The molecule has 0 spiro atoms. The summed E-state index contributed by atoms with van der Waals surface area (Å²) in [6, 6.07) is 4.08. The zero-order valence-corrected chi connectivity index (χ0v) is 17.2. The van der Waals surface area contributed by atoms with Crippen molar-refractivity contribution >= 4 is 11.6 Å². The van der Waals surface area contributed by atoms with E-state index in [4.69, 9.17) is 11.6 Å². The fourth-order valence-electron chi connectivity index (χ4n) is 2.70. The van der Waals surface area contributed by atoms with E-state index >= 15 is 0 Å². The molecular weight excluding hydrogens is 541 g/mol. The number of ether oxygens (including phenoxy) is 1. The predicted octanol–water partition coefficient (Wildman–Crippen LogP) is 7.97. The predicted molar refractivity (Wildman–Crippen MR) is 86.2 cm³/mol. The molecule has 0 saturated heterocycles. The lowest BCUT2D eigenvalue weighted by molar-refractivity contribution is -0.453. The van der Waals surface area contributed by atoms with Crippen molar-refractivity contribution in [2.24, 2.45) is 0 Å². The Balaban J connectivity index is 3.62. The summed E-state index contributed by atoms with van der Waals surface area (Å²) in [6.45, 7) is 0.529. The van der Waals surface area contributed by atoms with E-state index in [1.807, 2.05) is 0 Å². The summed E-state index contributed by atoms with van der Waals surface area (Å²) in [5.74, 6) is -46.9. The molecule has 1 nitrogen and oxygen atoms in total. The van der Waals surface area contributed by atoms with E-state index in [-0.39, 0.29) is 0 Å². The van der Waals surface area contributed by atoms with Gasteiger partial charge in [-0.15, -0.1) is 0 Å². The lowest BCUT2D eigenvalue weighted by atomic mass is 9.83. The fourth-order valence-corrected chi connectivity index (χ4v) is 3.04. The second-order valence-corrected chi connectivity index (χ2v) is 7.57. The molecule has 0 aliphatic rings. The number of halogens is 16. The van der Waals surface area contributed by atoms with E-state index in [9.17, 15) is 65.9 Å².